The Kier molecular flexibility index (Phi) is 4.79. The van der Waals surface area contributed by atoms with Crippen LogP contribution in [0.25, 0.3) is 44.5 Å². The Morgan fingerprint density at radius 2 is 1.61 bits per heavy atom. The van der Waals surface area contributed by atoms with Crippen LogP contribution >= 0.6 is 0 Å². The van der Waals surface area contributed by atoms with Gasteiger partial charge in [0, 0.05) is 28.7 Å². The van der Waals surface area contributed by atoms with Crippen molar-refractivity contribution in [3.8, 4) is 22.4 Å². The molecule has 1 aliphatic rings. The molecule has 0 N–H and O–H groups in total. The molecule has 33 heavy (non-hydrogen) atoms. The minimum absolute atomic E-state index is 0.155. The minimum Gasteiger partial charge on any atom is -0.438 e. The third-order valence-electron chi connectivity index (χ3n) is 7.61. The molecule has 0 radical (unpaired) electrons. The van der Waals surface area contributed by atoms with E-state index in [1.165, 1.54) is 36.8 Å². The summed E-state index contributed by atoms with van der Waals surface area (Å²) in [4.78, 5) is 9.36. The van der Waals surface area contributed by atoms with Crippen LogP contribution in [0.4, 0.5) is 0 Å². The van der Waals surface area contributed by atoms with E-state index < -0.39 is 0 Å². The van der Waals surface area contributed by atoms with Crippen LogP contribution in [0.15, 0.2) is 83.5 Å². The van der Waals surface area contributed by atoms with Crippen LogP contribution in [0.3, 0.4) is 0 Å². The Hall–Kier alpha value is -3.46. The van der Waals surface area contributed by atoms with Crippen molar-refractivity contribution in [2.24, 2.45) is 5.92 Å². The maximum atomic E-state index is 6.12. The van der Waals surface area contributed by atoms with E-state index >= 15 is 0 Å². The molecule has 0 spiro atoms. The lowest BCUT2D eigenvalue weighted by atomic mass is 9.72. The van der Waals surface area contributed by atoms with Gasteiger partial charge >= 0.3 is 0 Å². The Balaban J connectivity index is 1.40. The van der Waals surface area contributed by atoms with E-state index in [-0.39, 0.29) is 5.41 Å². The Labute approximate surface area is 194 Å². The lowest BCUT2D eigenvalue weighted by Gasteiger charge is -2.32. The monoisotopic (exact) mass is 432 g/mol. The van der Waals surface area contributed by atoms with Crippen molar-refractivity contribution in [2.75, 3.05) is 0 Å². The van der Waals surface area contributed by atoms with Crippen LogP contribution in [0.2, 0.25) is 0 Å². The number of pyridine rings is 2. The van der Waals surface area contributed by atoms with Gasteiger partial charge in [0.05, 0.1) is 5.69 Å². The van der Waals surface area contributed by atoms with Gasteiger partial charge in [-0.3, -0.25) is 4.98 Å². The summed E-state index contributed by atoms with van der Waals surface area (Å²) in [6.45, 7) is 4.77. The molecule has 5 aromatic rings. The van der Waals surface area contributed by atoms with E-state index in [9.17, 15) is 0 Å². The van der Waals surface area contributed by atoms with E-state index in [1.807, 2.05) is 18.5 Å². The zero-order valence-electron chi connectivity index (χ0n) is 19.2. The Bertz CT molecular complexity index is 1440. The average Bonchev–Trinajstić information content (AvgIpc) is 3.53. The number of hydrogen-bond donors (Lipinski definition) is 0. The number of aromatic nitrogens is 2. The molecule has 3 heterocycles. The number of benzene rings is 2. The van der Waals surface area contributed by atoms with Gasteiger partial charge < -0.3 is 4.42 Å². The molecule has 0 saturated heterocycles. The van der Waals surface area contributed by atoms with Crippen molar-refractivity contribution in [3.63, 3.8) is 0 Å². The van der Waals surface area contributed by atoms with Crippen LogP contribution in [-0.4, -0.2) is 9.97 Å². The van der Waals surface area contributed by atoms with Gasteiger partial charge in [-0.05, 0) is 71.2 Å². The lowest BCUT2D eigenvalue weighted by molar-refractivity contribution is 0.325. The van der Waals surface area contributed by atoms with E-state index in [1.54, 1.807) is 0 Å². The fourth-order valence-corrected chi connectivity index (χ4v) is 5.48. The zero-order chi connectivity index (χ0) is 22.4. The van der Waals surface area contributed by atoms with Crippen molar-refractivity contribution in [2.45, 2.75) is 44.9 Å². The summed E-state index contributed by atoms with van der Waals surface area (Å²) in [7, 11) is 0. The van der Waals surface area contributed by atoms with Crippen LogP contribution in [0.1, 0.15) is 45.1 Å². The summed E-state index contributed by atoms with van der Waals surface area (Å²) in [6.07, 6.45) is 9.19. The van der Waals surface area contributed by atoms with Crippen molar-refractivity contribution in [1.82, 2.24) is 9.97 Å². The molecule has 0 bridgehead atoms. The largest absolute Gasteiger partial charge is 0.438 e. The average molecular weight is 433 g/mol. The van der Waals surface area contributed by atoms with Crippen LogP contribution in [0, 0.1) is 5.92 Å². The molecule has 3 nitrogen and oxygen atoms in total. The second kappa shape index (κ2) is 7.84. The summed E-state index contributed by atoms with van der Waals surface area (Å²) in [5.74, 6) is 0.741. The summed E-state index contributed by atoms with van der Waals surface area (Å²) in [6, 6.07) is 23.4. The molecule has 1 saturated carbocycles. The second-order valence-corrected chi connectivity index (χ2v) is 9.89. The summed E-state index contributed by atoms with van der Waals surface area (Å²) >= 11 is 0. The molecule has 6 rings (SSSR count). The highest BCUT2D eigenvalue weighted by Gasteiger charge is 2.33. The molecule has 3 aromatic heterocycles. The number of furan rings is 1. The Morgan fingerprint density at radius 3 is 2.42 bits per heavy atom. The highest BCUT2D eigenvalue weighted by molar-refractivity contribution is 6.05. The maximum Gasteiger partial charge on any atom is 0.227 e. The van der Waals surface area contributed by atoms with Gasteiger partial charge in [0.1, 0.15) is 5.58 Å². The third-order valence-corrected chi connectivity index (χ3v) is 7.61. The van der Waals surface area contributed by atoms with E-state index in [0.717, 1.165) is 39.1 Å². The van der Waals surface area contributed by atoms with Gasteiger partial charge in [-0.1, -0.05) is 63.1 Å². The van der Waals surface area contributed by atoms with Crippen molar-refractivity contribution in [1.29, 1.82) is 0 Å². The van der Waals surface area contributed by atoms with E-state index in [2.05, 4.69) is 79.5 Å². The molecule has 0 amide bonds. The number of hydrogen-bond acceptors (Lipinski definition) is 3. The fourth-order valence-electron chi connectivity index (χ4n) is 5.48. The van der Waals surface area contributed by atoms with Crippen LogP contribution in [-0.2, 0) is 5.41 Å². The SMILES string of the molecule is CC(C)(c1ccnc(-c2cnc3oc4cc(-c5ccccc5)ccc4c3c2)c1)C1CCCC1. The predicted molar refractivity (Wildman–Crippen MR) is 135 cm³/mol. The number of fused-ring (bicyclic) bond motifs is 3. The fraction of sp³-hybridized carbons (Fsp3) is 0.267. The highest BCUT2D eigenvalue weighted by Crippen LogP contribution is 2.42. The lowest BCUT2D eigenvalue weighted by Crippen LogP contribution is -2.26. The molecule has 1 fully saturated rings. The topological polar surface area (TPSA) is 38.9 Å². The Morgan fingerprint density at radius 1 is 0.788 bits per heavy atom. The van der Waals surface area contributed by atoms with Gasteiger partial charge in [-0.15, -0.1) is 0 Å². The van der Waals surface area contributed by atoms with Gasteiger partial charge in [0.15, 0.2) is 0 Å². The second-order valence-electron chi connectivity index (χ2n) is 9.89. The van der Waals surface area contributed by atoms with E-state index in [4.69, 9.17) is 9.40 Å². The molecule has 164 valence electrons. The molecule has 0 aliphatic heterocycles. The summed E-state index contributed by atoms with van der Waals surface area (Å²) in [5.41, 5.74) is 7.38. The first-order valence-electron chi connectivity index (χ1n) is 11.9. The third kappa shape index (κ3) is 3.52. The van der Waals surface area contributed by atoms with Crippen LogP contribution in [0.5, 0.6) is 0 Å². The first kappa shape index (κ1) is 20.2. The predicted octanol–water partition coefficient (Wildman–Crippen LogP) is 8.18. The smallest absolute Gasteiger partial charge is 0.227 e. The van der Waals surface area contributed by atoms with Crippen LogP contribution < -0.4 is 0 Å². The number of rotatable bonds is 4. The van der Waals surface area contributed by atoms with Crippen molar-refractivity contribution >= 4 is 22.1 Å². The molecular formula is C30H28N2O. The van der Waals surface area contributed by atoms with E-state index in [0.29, 0.717) is 5.71 Å². The zero-order valence-corrected chi connectivity index (χ0v) is 19.2. The normalized spacial score (nSPS) is 15.0. The molecule has 1 aliphatic carbocycles. The standard InChI is InChI=1S/C30H28N2O/c1-30(2,23-10-6-7-11-23)24-14-15-31-27(18-24)22-16-26-25-13-12-21(20-8-4-3-5-9-20)17-28(25)33-29(26)32-19-22/h3-5,8-9,12-19,23H,6-7,10-11H2,1-2H3. The first-order chi connectivity index (χ1) is 16.1. The molecule has 0 unspecified atom stereocenters. The van der Waals surface area contributed by atoms with Gasteiger partial charge in [0.25, 0.3) is 0 Å². The van der Waals surface area contributed by atoms with Crippen molar-refractivity contribution in [3.05, 3.63) is 84.7 Å². The minimum atomic E-state index is 0.155. The highest BCUT2D eigenvalue weighted by atomic mass is 16.3. The van der Waals surface area contributed by atoms with Gasteiger partial charge in [-0.2, -0.15) is 0 Å². The molecule has 0 atom stereocenters. The van der Waals surface area contributed by atoms with Crippen molar-refractivity contribution < 1.29 is 4.42 Å². The summed E-state index contributed by atoms with van der Waals surface area (Å²) < 4.78 is 6.12. The van der Waals surface area contributed by atoms with Gasteiger partial charge in [0.2, 0.25) is 5.71 Å². The number of nitrogens with zero attached hydrogens (tertiary/aromatic N) is 2. The molecule has 2 aromatic carbocycles. The first-order valence-corrected chi connectivity index (χ1v) is 11.9. The quantitative estimate of drug-likeness (QED) is 0.287. The molecule has 3 heteroatoms. The van der Waals surface area contributed by atoms with Gasteiger partial charge in [-0.25, -0.2) is 4.98 Å². The maximum absolute atomic E-state index is 6.12. The summed E-state index contributed by atoms with van der Waals surface area (Å²) in [5, 5.41) is 2.12. The molecular weight excluding hydrogens is 404 g/mol.